The van der Waals surface area contributed by atoms with E-state index >= 15 is 0 Å². The zero-order valence-corrected chi connectivity index (χ0v) is 18.0. The van der Waals surface area contributed by atoms with Crippen molar-refractivity contribution in [2.24, 2.45) is 5.92 Å². The average Bonchev–Trinajstić information content (AvgIpc) is 3.45. The SMILES string of the molecule is Cc1nccn1-c1ccc(N2CCN(C(=O)C3CC(=O)N(c4ccccc4)C3)CC2)nn1. The van der Waals surface area contributed by atoms with Gasteiger partial charge in [-0.15, -0.1) is 10.2 Å². The number of aromatic nitrogens is 4. The van der Waals surface area contributed by atoms with Crippen LogP contribution in [0.1, 0.15) is 12.2 Å². The molecule has 1 atom stereocenters. The molecule has 9 heteroatoms. The smallest absolute Gasteiger partial charge is 0.228 e. The molecule has 0 bridgehead atoms. The number of amides is 2. The van der Waals surface area contributed by atoms with Gasteiger partial charge >= 0.3 is 0 Å². The fourth-order valence-electron chi connectivity index (χ4n) is 4.38. The summed E-state index contributed by atoms with van der Waals surface area (Å²) in [5.74, 6) is 2.17. The predicted molar refractivity (Wildman–Crippen MR) is 120 cm³/mol. The molecule has 4 heterocycles. The first-order chi connectivity index (χ1) is 15.6. The van der Waals surface area contributed by atoms with Crippen LogP contribution < -0.4 is 9.80 Å². The van der Waals surface area contributed by atoms with Gasteiger partial charge < -0.3 is 14.7 Å². The van der Waals surface area contributed by atoms with Crippen molar-refractivity contribution < 1.29 is 9.59 Å². The summed E-state index contributed by atoms with van der Waals surface area (Å²) >= 11 is 0. The topological polar surface area (TPSA) is 87.5 Å². The van der Waals surface area contributed by atoms with E-state index in [1.165, 1.54) is 0 Å². The molecular weight excluding hydrogens is 406 g/mol. The lowest BCUT2D eigenvalue weighted by atomic mass is 10.1. The van der Waals surface area contributed by atoms with Gasteiger partial charge in [0.05, 0.1) is 5.92 Å². The van der Waals surface area contributed by atoms with E-state index in [0.717, 1.165) is 23.1 Å². The molecule has 164 valence electrons. The van der Waals surface area contributed by atoms with E-state index in [2.05, 4.69) is 20.1 Å². The van der Waals surface area contributed by atoms with Gasteiger partial charge in [-0.25, -0.2) is 4.98 Å². The Bertz CT molecular complexity index is 1100. The zero-order chi connectivity index (χ0) is 22.1. The lowest BCUT2D eigenvalue weighted by Gasteiger charge is -2.36. The summed E-state index contributed by atoms with van der Waals surface area (Å²) in [6, 6.07) is 13.4. The lowest BCUT2D eigenvalue weighted by Crippen LogP contribution is -2.51. The van der Waals surface area contributed by atoms with Crippen molar-refractivity contribution in [1.29, 1.82) is 0 Å². The molecule has 5 rings (SSSR count). The number of anilines is 2. The monoisotopic (exact) mass is 431 g/mol. The molecule has 1 aromatic carbocycles. The number of piperazine rings is 1. The number of rotatable bonds is 4. The summed E-state index contributed by atoms with van der Waals surface area (Å²) in [6.45, 7) is 4.96. The Kier molecular flexibility index (Phi) is 5.30. The van der Waals surface area contributed by atoms with Crippen molar-refractivity contribution in [3.05, 3.63) is 60.7 Å². The minimum Gasteiger partial charge on any atom is -0.352 e. The molecule has 2 fully saturated rings. The summed E-state index contributed by atoms with van der Waals surface area (Å²) < 4.78 is 1.88. The van der Waals surface area contributed by atoms with E-state index in [1.807, 2.05) is 65.1 Å². The van der Waals surface area contributed by atoms with E-state index in [0.29, 0.717) is 32.7 Å². The van der Waals surface area contributed by atoms with Crippen LogP contribution in [-0.4, -0.2) is 69.2 Å². The molecule has 2 aromatic heterocycles. The third kappa shape index (κ3) is 3.81. The van der Waals surface area contributed by atoms with E-state index in [9.17, 15) is 9.59 Å². The largest absolute Gasteiger partial charge is 0.352 e. The van der Waals surface area contributed by atoms with Crippen LogP contribution in [0.3, 0.4) is 0 Å². The molecule has 0 N–H and O–H groups in total. The molecular formula is C23H25N7O2. The molecule has 0 radical (unpaired) electrons. The second-order valence-corrected chi connectivity index (χ2v) is 8.15. The minimum absolute atomic E-state index is 0.0108. The molecule has 3 aromatic rings. The van der Waals surface area contributed by atoms with Crippen LogP contribution in [0.5, 0.6) is 0 Å². The fraction of sp³-hybridized carbons (Fsp3) is 0.348. The second kappa shape index (κ2) is 8.41. The lowest BCUT2D eigenvalue weighted by molar-refractivity contribution is -0.136. The molecule has 2 aliphatic rings. The molecule has 0 saturated carbocycles. The number of imidazole rings is 1. The van der Waals surface area contributed by atoms with Crippen molar-refractivity contribution in [2.75, 3.05) is 42.5 Å². The van der Waals surface area contributed by atoms with Crippen molar-refractivity contribution >= 4 is 23.3 Å². The van der Waals surface area contributed by atoms with Crippen LogP contribution in [-0.2, 0) is 9.59 Å². The number of nitrogens with zero attached hydrogens (tertiary/aromatic N) is 7. The van der Waals surface area contributed by atoms with Gasteiger partial charge in [0, 0.05) is 57.2 Å². The Morgan fingerprint density at radius 3 is 2.34 bits per heavy atom. The summed E-state index contributed by atoms with van der Waals surface area (Å²) in [7, 11) is 0. The van der Waals surface area contributed by atoms with Gasteiger partial charge in [-0.3, -0.25) is 14.2 Å². The molecule has 2 aliphatic heterocycles. The van der Waals surface area contributed by atoms with E-state index in [-0.39, 0.29) is 24.2 Å². The Hall–Kier alpha value is -3.75. The van der Waals surface area contributed by atoms with E-state index < -0.39 is 0 Å². The quantitative estimate of drug-likeness (QED) is 0.625. The van der Waals surface area contributed by atoms with Crippen molar-refractivity contribution in [1.82, 2.24) is 24.6 Å². The zero-order valence-electron chi connectivity index (χ0n) is 18.0. The van der Waals surface area contributed by atoms with E-state index in [4.69, 9.17) is 0 Å². The molecule has 2 saturated heterocycles. The van der Waals surface area contributed by atoms with Gasteiger partial charge in [-0.1, -0.05) is 18.2 Å². The van der Waals surface area contributed by atoms with Gasteiger partial charge in [0.25, 0.3) is 0 Å². The highest BCUT2D eigenvalue weighted by molar-refractivity contribution is 6.00. The number of para-hydroxylation sites is 1. The van der Waals surface area contributed by atoms with Crippen LogP contribution in [0.15, 0.2) is 54.9 Å². The van der Waals surface area contributed by atoms with Crippen LogP contribution in [0.4, 0.5) is 11.5 Å². The number of benzene rings is 1. The minimum atomic E-state index is -0.285. The summed E-state index contributed by atoms with van der Waals surface area (Å²) in [5.41, 5.74) is 0.852. The number of hydrogen-bond donors (Lipinski definition) is 0. The Balaban J connectivity index is 1.18. The predicted octanol–water partition coefficient (Wildman–Crippen LogP) is 1.67. The summed E-state index contributed by atoms with van der Waals surface area (Å²) in [6.07, 6.45) is 3.86. The van der Waals surface area contributed by atoms with Crippen LogP contribution in [0.2, 0.25) is 0 Å². The maximum absolute atomic E-state index is 13.1. The number of hydrogen-bond acceptors (Lipinski definition) is 6. The van der Waals surface area contributed by atoms with Gasteiger partial charge in [-0.05, 0) is 31.2 Å². The van der Waals surface area contributed by atoms with E-state index in [1.54, 1.807) is 11.1 Å². The summed E-state index contributed by atoms with van der Waals surface area (Å²) in [5, 5.41) is 8.70. The highest BCUT2D eigenvalue weighted by Crippen LogP contribution is 2.26. The molecule has 9 nitrogen and oxygen atoms in total. The highest BCUT2D eigenvalue weighted by atomic mass is 16.2. The first-order valence-electron chi connectivity index (χ1n) is 10.8. The first kappa shape index (κ1) is 20.2. The standard InChI is InChI=1S/C23H25N7O2/c1-17-24-9-10-29(17)21-8-7-20(25-26-21)27-11-13-28(14-12-27)23(32)18-15-22(31)30(16-18)19-5-3-2-4-6-19/h2-10,18H,11-16H2,1H3. The maximum atomic E-state index is 13.1. The fourth-order valence-corrected chi connectivity index (χ4v) is 4.38. The molecule has 1 unspecified atom stereocenters. The highest BCUT2D eigenvalue weighted by Gasteiger charge is 2.38. The van der Waals surface area contributed by atoms with Crippen molar-refractivity contribution in [3.8, 4) is 5.82 Å². The van der Waals surface area contributed by atoms with Gasteiger partial charge in [-0.2, -0.15) is 0 Å². The van der Waals surface area contributed by atoms with Crippen LogP contribution >= 0.6 is 0 Å². The third-order valence-corrected chi connectivity index (χ3v) is 6.17. The average molecular weight is 432 g/mol. The first-order valence-corrected chi connectivity index (χ1v) is 10.8. The van der Waals surface area contributed by atoms with Gasteiger partial charge in [0.1, 0.15) is 5.82 Å². The number of carbonyl (C=O) groups excluding carboxylic acids is 2. The molecule has 32 heavy (non-hydrogen) atoms. The third-order valence-electron chi connectivity index (χ3n) is 6.17. The number of aryl methyl sites for hydroxylation is 1. The Morgan fingerprint density at radius 1 is 0.969 bits per heavy atom. The Morgan fingerprint density at radius 2 is 1.69 bits per heavy atom. The summed E-state index contributed by atoms with van der Waals surface area (Å²) in [4.78, 5) is 35.5. The van der Waals surface area contributed by atoms with Crippen molar-refractivity contribution in [3.63, 3.8) is 0 Å². The molecule has 0 spiro atoms. The van der Waals surface area contributed by atoms with Crippen molar-refractivity contribution in [2.45, 2.75) is 13.3 Å². The molecule has 2 amide bonds. The Labute approximate surface area is 186 Å². The van der Waals surface area contributed by atoms with Crippen LogP contribution in [0.25, 0.3) is 5.82 Å². The normalized spacial score (nSPS) is 19.0. The van der Waals surface area contributed by atoms with Crippen LogP contribution in [0, 0.1) is 12.8 Å². The number of carbonyl (C=O) groups is 2. The molecule has 0 aliphatic carbocycles. The van der Waals surface area contributed by atoms with Gasteiger partial charge in [0.2, 0.25) is 11.8 Å². The second-order valence-electron chi connectivity index (χ2n) is 8.15. The maximum Gasteiger partial charge on any atom is 0.228 e. The van der Waals surface area contributed by atoms with Gasteiger partial charge in [0.15, 0.2) is 11.6 Å².